The van der Waals surface area contributed by atoms with Crippen LogP contribution in [0, 0.1) is 23.7 Å². The van der Waals surface area contributed by atoms with Crippen molar-refractivity contribution in [3.63, 3.8) is 0 Å². The van der Waals surface area contributed by atoms with E-state index in [2.05, 4.69) is 169 Å². The Morgan fingerprint density at radius 3 is 1.69 bits per heavy atom. The van der Waals surface area contributed by atoms with E-state index in [0.29, 0.717) is 0 Å². The Bertz CT molecular complexity index is 2410. The molecule has 0 aliphatic heterocycles. The second-order valence-electron chi connectivity index (χ2n) is 15.7. The fraction of sp³-hybridized carbons (Fsp3) is 0.200. The molecule has 0 amide bonds. The summed E-state index contributed by atoms with van der Waals surface area (Å²) in [5.74, 6) is 3.38. The standard InChI is InChI=1S/C50H41N/c1-3-13-35(14-4-1)40-24-26-49(44-20-8-7-18-42(40)44)51(48-22-12-10-17-41(48)36-15-5-2-6-16-36)39-23-25-47-45(32-39)43-19-9-11-21-46(43)50(47)37-28-33-27-34(30-37)31-38(50)29-33/h1-26,32-34,37-38H,27-31H2. The summed E-state index contributed by atoms with van der Waals surface area (Å²) < 4.78 is 0. The summed E-state index contributed by atoms with van der Waals surface area (Å²) in [6.07, 6.45) is 7.08. The largest absolute Gasteiger partial charge is 0.309 e. The van der Waals surface area contributed by atoms with Gasteiger partial charge in [0, 0.05) is 22.1 Å². The summed E-state index contributed by atoms with van der Waals surface area (Å²) >= 11 is 0. The first-order chi connectivity index (χ1) is 25.3. The van der Waals surface area contributed by atoms with E-state index >= 15 is 0 Å². The van der Waals surface area contributed by atoms with Gasteiger partial charge in [-0.3, -0.25) is 0 Å². The molecular formula is C50H41N. The highest BCUT2D eigenvalue weighted by atomic mass is 15.1. The lowest BCUT2D eigenvalue weighted by molar-refractivity contribution is -0.0399. The van der Waals surface area contributed by atoms with Crippen LogP contribution in [-0.2, 0) is 5.41 Å². The molecule has 51 heavy (non-hydrogen) atoms. The van der Waals surface area contributed by atoms with Crippen LogP contribution < -0.4 is 4.90 Å². The maximum atomic E-state index is 2.56. The van der Waals surface area contributed by atoms with Crippen molar-refractivity contribution in [1.29, 1.82) is 0 Å². The van der Waals surface area contributed by atoms with Gasteiger partial charge in [-0.05, 0) is 124 Å². The summed E-state index contributed by atoms with van der Waals surface area (Å²) in [5.41, 5.74) is 14.8. The Balaban J connectivity index is 1.16. The van der Waals surface area contributed by atoms with Crippen LogP contribution in [0.3, 0.4) is 0 Å². The number of anilines is 3. The third kappa shape index (κ3) is 4.27. The number of fused-ring (bicyclic) bond motifs is 4. The zero-order valence-corrected chi connectivity index (χ0v) is 28.9. The van der Waals surface area contributed by atoms with Crippen LogP contribution in [0.5, 0.6) is 0 Å². The lowest BCUT2D eigenvalue weighted by Crippen LogP contribution is -2.55. The van der Waals surface area contributed by atoms with Crippen LogP contribution in [0.2, 0.25) is 0 Å². The molecule has 246 valence electrons. The topological polar surface area (TPSA) is 3.24 Å². The average Bonchev–Trinajstić information content (AvgIpc) is 3.48. The van der Waals surface area contributed by atoms with E-state index in [1.165, 1.54) is 93.3 Å². The molecule has 0 radical (unpaired) electrons. The van der Waals surface area contributed by atoms with Crippen LogP contribution in [0.15, 0.2) is 164 Å². The van der Waals surface area contributed by atoms with Gasteiger partial charge in [-0.2, -0.15) is 0 Å². The van der Waals surface area contributed by atoms with Crippen LogP contribution >= 0.6 is 0 Å². The zero-order valence-electron chi connectivity index (χ0n) is 28.9. The van der Waals surface area contributed by atoms with E-state index in [4.69, 9.17) is 0 Å². The van der Waals surface area contributed by atoms with Crippen LogP contribution in [-0.4, -0.2) is 0 Å². The van der Waals surface area contributed by atoms with Crippen molar-refractivity contribution in [3.05, 3.63) is 175 Å². The molecule has 1 heteroatoms. The Labute approximate surface area is 301 Å². The molecule has 5 aliphatic carbocycles. The predicted octanol–water partition coefficient (Wildman–Crippen LogP) is 13.4. The van der Waals surface area contributed by atoms with Crippen LogP contribution in [0.4, 0.5) is 17.1 Å². The molecule has 0 aromatic heterocycles. The van der Waals surface area contributed by atoms with Gasteiger partial charge in [0.25, 0.3) is 0 Å². The zero-order chi connectivity index (χ0) is 33.5. The molecule has 4 bridgehead atoms. The first-order valence-electron chi connectivity index (χ1n) is 19.0. The predicted molar refractivity (Wildman–Crippen MR) is 213 cm³/mol. The van der Waals surface area contributed by atoms with Gasteiger partial charge in [-0.25, -0.2) is 0 Å². The van der Waals surface area contributed by atoms with Crippen molar-refractivity contribution in [2.45, 2.75) is 37.5 Å². The van der Waals surface area contributed by atoms with E-state index in [9.17, 15) is 0 Å². The highest BCUT2D eigenvalue weighted by molar-refractivity contribution is 6.07. The normalized spacial score (nSPS) is 23.8. The molecule has 0 N–H and O–H groups in total. The first kappa shape index (κ1) is 29.3. The van der Waals surface area contributed by atoms with Gasteiger partial charge < -0.3 is 4.90 Å². The van der Waals surface area contributed by atoms with Gasteiger partial charge in [-0.1, -0.05) is 140 Å². The van der Waals surface area contributed by atoms with Gasteiger partial charge >= 0.3 is 0 Å². The van der Waals surface area contributed by atoms with Crippen molar-refractivity contribution in [1.82, 2.24) is 0 Å². The van der Waals surface area contributed by atoms with Gasteiger partial charge in [-0.15, -0.1) is 0 Å². The Morgan fingerprint density at radius 2 is 0.961 bits per heavy atom. The molecule has 7 aromatic carbocycles. The number of rotatable bonds is 5. The Morgan fingerprint density at radius 1 is 0.392 bits per heavy atom. The number of para-hydroxylation sites is 1. The average molecular weight is 656 g/mol. The highest BCUT2D eigenvalue weighted by Gasteiger charge is 2.61. The lowest BCUT2D eigenvalue weighted by atomic mass is 9.43. The van der Waals surface area contributed by atoms with Crippen LogP contribution in [0.1, 0.15) is 43.2 Å². The molecular weight excluding hydrogens is 615 g/mol. The van der Waals surface area contributed by atoms with Crippen molar-refractivity contribution in [3.8, 4) is 33.4 Å². The number of hydrogen-bond donors (Lipinski definition) is 0. The summed E-state index contributed by atoms with van der Waals surface area (Å²) in [5, 5.41) is 2.52. The molecule has 1 spiro atoms. The highest BCUT2D eigenvalue weighted by Crippen LogP contribution is 2.69. The fourth-order valence-corrected chi connectivity index (χ4v) is 11.6. The van der Waals surface area contributed by atoms with E-state index < -0.39 is 0 Å². The fourth-order valence-electron chi connectivity index (χ4n) is 11.6. The van der Waals surface area contributed by atoms with Crippen LogP contribution in [0.25, 0.3) is 44.2 Å². The minimum Gasteiger partial charge on any atom is -0.309 e. The molecule has 0 saturated heterocycles. The second-order valence-corrected chi connectivity index (χ2v) is 15.7. The third-order valence-electron chi connectivity index (χ3n) is 13.3. The minimum atomic E-state index is 0.161. The molecule has 0 unspecified atom stereocenters. The van der Waals surface area contributed by atoms with Gasteiger partial charge in [0.15, 0.2) is 0 Å². The maximum Gasteiger partial charge on any atom is 0.0540 e. The van der Waals surface area contributed by atoms with Crippen molar-refractivity contribution < 1.29 is 0 Å². The number of hydrogen-bond acceptors (Lipinski definition) is 1. The summed E-state index contributed by atoms with van der Waals surface area (Å²) in [7, 11) is 0. The van der Waals surface area contributed by atoms with Crippen molar-refractivity contribution in [2.24, 2.45) is 23.7 Å². The SMILES string of the molecule is c1ccc(-c2ccccc2N(c2ccc3c(c2)-c2ccccc2C32C3CC4CC(C3)CC2C4)c2ccc(-c3ccccc3)c3ccccc23)cc1. The van der Waals surface area contributed by atoms with E-state index in [1.54, 1.807) is 11.1 Å². The number of benzene rings is 7. The van der Waals surface area contributed by atoms with Gasteiger partial charge in [0.2, 0.25) is 0 Å². The summed E-state index contributed by atoms with van der Waals surface area (Å²) in [6.45, 7) is 0. The van der Waals surface area contributed by atoms with E-state index in [-0.39, 0.29) is 5.41 Å². The molecule has 7 aromatic rings. The Hall–Kier alpha value is -5.40. The third-order valence-corrected chi connectivity index (χ3v) is 13.3. The van der Waals surface area contributed by atoms with Crippen molar-refractivity contribution >= 4 is 27.8 Å². The monoisotopic (exact) mass is 655 g/mol. The second kappa shape index (κ2) is 11.3. The minimum absolute atomic E-state index is 0.161. The summed E-state index contributed by atoms with van der Waals surface area (Å²) in [4.78, 5) is 2.55. The maximum absolute atomic E-state index is 2.56. The molecule has 12 rings (SSSR count). The van der Waals surface area contributed by atoms with Gasteiger partial charge in [0.05, 0.1) is 11.4 Å². The lowest BCUT2D eigenvalue weighted by Gasteiger charge is -2.61. The number of nitrogens with zero attached hydrogens (tertiary/aromatic N) is 1. The van der Waals surface area contributed by atoms with E-state index in [0.717, 1.165) is 23.7 Å². The molecule has 4 saturated carbocycles. The molecule has 0 heterocycles. The van der Waals surface area contributed by atoms with Crippen molar-refractivity contribution in [2.75, 3.05) is 4.90 Å². The molecule has 5 aliphatic rings. The smallest absolute Gasteiger partial charge is 0.0540 e. The molecule has 0 atom stereocenters. The quantitative estimate of drug-likeness (QED) is 0.178. The van der Waals surface area contributed by atoms with Gasteiger partial charge in [0.1, 0.15) is 0 Å². The summed E-state index contributed by atoms with van der Waals surface area (Å²) in [6, 6.07) is 61.4. The molecule has 4 fully saturated rings. The Kier molecular flexibility index (Phi) is 6.50. The van der Waals surface area contributed by atoms with E-state index in [1.807, 2.05) is 0 Å². The molecule has 1 nitrogen and oxygen atoms in total. The first-order valence-corrected chi connectivity index (χ1v) is 19.0.